The molecular formula is C17H23BrClNO2. The summed E-state index contributed by atoms with van der Waals surface area (Å²) >= 11 is 3.58. The van der Waals surface area contributed by atoms with Crippen LogP contribution in [0.4, 0.5) is 0 Å². The smallest absolute Gasteiger partial charge is 0.166 e. The summed E-state index contributed by atoms with van der Waals surface area (Å²) in [5.41, 5.74) is 3.56. The van der Waals surface area contributed by atoms with Crippen LogP contribution >= 0.6 is 28.3 Å². The van der Waals surface area contributed by atoms with Crippen LogP contribution in [0.1, 0.15) is 44.4 Å². The lowest BCUT2D eigenvalue weighted by Gasteiger charge is -2.28. The predicted molar refractivity (Wildman–Crippen MR) is 96.8 cm³/mol. The standard InChI is InChI=1S/C17H22BrNO2.ClH/c1-5-20-14-6-11-7-17(4,10-18)19-9-13(11)12-8-16(2,3)21-15(12)14;/h6,9H,5,7-8,10H2,1-4H3;1H. The highest BCUT2D eigenvalue weighted by atomic mass is 79.9. The summed E-state index contributed by atoms with van der Waals surface area (Å²) in [6.07, 6.45) is 3.86. The van der Waals surface area contributed by atoms with E-state index in [1.807, 2.05) is 13.1 Å². The Balaban J connectivity index is 0.00000176. The molecule has 1 unspecified atom stereocenters. The van der Waals surface area contributed by atoms with Gasteiger partial charge in [0.05, 0.1) is 12.1 Å². The van der Waals surface area contributed by atoms with E-state index < -0.39 is 0 Å². The predicted octanol–water partition coefficient (Wildman–Crippen LogP) is 4.35. The Morgan fingerprint density at radius 1 is 1.32 bits per heavy atom. The molecule has 1 atom stereocenters. The zero-order valence-corrected chi connectivity index (χ0v) is 15.9. The minimum atomic E-state index is -0.173. The second kappa shape index (κ2) is 6.04. The van der Waals surface area contributed by atoms with Crippen molar-refractivity contribution in [3.8, 4) is 11.5 Å². The van der Waals surface area contributed by atoms with Gasteiger partial charge in [-0.3, -0.25) is 4.99 Å². The molecule has 0 spiro atoms. The minimum absolute atomic E-state index is 0. The molecule has 2 aliphatic rings. The van der Waals surface area contributed by atoms with Crippen molar-refractivity contribution in [2.24, 2.45) is 4.99 Å². The van der Waals surface area contributed by atoms with Crippen LogP contribution in [-0.4, -0.2) is 29.3 Å². The summed E-state index contributed by atoms with van der Waals surface area (Å²) in [5.74, 6) is 1.79. The lowest BCUT2D eigenvalue weighted by Crippen LogP contribution is -2.31. The molecule has 0 fully saturated rings. The summed E-state index contributed by atoms with van der Waals surface area (Å²) < 4.78 is 12.0. The van der Waals surface area contributed by atoms with Gasteiger partial charge in [-0.15, -0.1) is 12.4 Å². The van der Waals surface area contributed by atoms with Gasteiger partial charge in [0.25, 0.3) is 0 Å². The average molecular weight is 389 g/mol. The molecule has 0 N–H and O–H groups in total. The fraction of sp³-hybridized carbons (Fsp3) is 0.588. The van der Waals surface area contributed by atoms with Gasteiger partial charge in [0.2, 0.25) is 0 Å². The average Bonchev–Trinajstić information content (AvgIpc) is 2.75. The van der Waals surface area contributed by atoms with Crippen molar-refractivity contribution in [2.45, 2.75) is 51.7 Å². The Labute approximate surface area is 147 Å². The SMILES string of the molecule is CCOc1cc2c(c3c1OC(C)(C)C3)C=NC(C)(CBr)C2.Cl. The first kappa shape index (κ1) is 17.6. The molecule has 122 valence electrons. The Kier molecular flexibility index (Phi) is 4.84. The first-order chi connectivity index (χ1) is 9.87. The monoisotopic (exact) mass is 387 g/mol. The first-order valence-corrected chi connectivity index (χ1v) is 8.61. The quantitative estimate of drug-likeness (QED) is 0.721. The van der Waals surface area contributed by atoms with E-state index in [-0.39, 0.29) is 23.5 Å². The maximum Gasteiger partial charge on any atom is 0.166 e. The molecule has 0 saturated carbocycles. The molecular weight excluding hydrogens is 366 g/mol. The van der Waals surface area contributed by atoms with E-state index in [9.17, 15) is 0 Å². The maximum atomic E-state index is 6.13. The van der Waals surface area contributed by atoms with Crippen LogP contribution in [0, 0.1) is 0 Å². The summed E-state index contributed by atoms with van der Waals surface area (Å²) in [6.45, 7) is 9.08. The summed E-state index contributed by atoms with van der Waals surface area (Å²) in [6, 6.07) is 2.14. The Bertz CT molecular complexity index is 615. The van der Waals surface area contributed by atoms with E-state index in [2.05, 4.69) is 42.8 Å². The minimum Gasteiger partial charge on any atom is -0.490 e. The van der Waals surface area contributed by atoms with Gasteiger partial charge in [-0.25, -0.2) is 0 Å². The fourth-order valence-electron chi connectivity index (χ4n) is 3.12. The van der Waals surface area contributed by atoms with Gasteiger partial charge >= 0.3 is 0 Å². The largest absolute Gasteiger partial charge is 0.490 e. The van der Waals surface area contributed by atoms with Gasteiger partial charge in [0, 0.05) is 29.1 Å². The van der Waals surface area contributed by atoms with Gasteiger partial charge in [-0.2, -0.15) is 0 Å². The molecule has 3 nitrogen and oxygen atoms in total. The molecule has 1 aromatic rings. The Morgan fingerprint density at radius 3 is 2.68 bits per heavy atom. The lowest BCUT2D eigenvalue weighted by atomic mass is 9.85. The Hall–Kier alpha value is -0.740. The van der Waals surface area contributed by atoms with Crippen molar-refractivity contribution in [1.82, 2.24) is 0 Å². The van der Waals surface area contributed by atoms with Crippen molar-refractivity contribution in [2.75, 3.05) is 11.9 Å². The molecule has 0 aliphatic carbocycles. The summed E-state index contributed by atoms with van der Waals surface area (Å²) in [5, 5.41) is 0.860. The number of rotatable bonds is 3. The van der Waals surface area contributed by atoms with E-state index in [0.717, 1.165) is 29.7 Å². The molecule has 1 aromatic carbocycles. The van der Waals surface area contributed by atoms with Crippen LogP contribution in [0.3, 0.4) is 0 Å². The van der Waals surface area contributed by atoms with Crippen LogP contribution in [0.25, 0.3) is 0 Å². The topological polar surface area (TPSA) is 30.8 Å². The molecule has 22 heavy (non-hydrogen) atoms. The zero-order chi connectivity index (χ0) is 15.3. The third-order valence-electron chi connectivity index (χ3n) is 4.12. The number of hydrogen-bond donors (Lipinski definition) is 0. The number of benzene rings is 1. The van der Waals surface area contributed by atoms with Gasteiger partial charge in [-0.1, -0.05) is 15.9 Å². The number of halogens is 2. The number of fused-ring (bicyclic) bond motifs is 3. The van der Waals surface area contributed by atoms with Crippen molar-refractivity contribution in [1.29, 1.82) is 0 Å². The highest BCUT2D eigenvalue weighted by molar-refractivity contribution is 9.09. The molecule has 0 saturated heterocycles. The van der Waals surface area contributed by atoms with Gasteiger partial charge in [0.1, 0.15) is 5.60 Å². The van der Waals surface area contributed by atoms with Crippen LogP contribution in [0.2, 0.25) is 0 Å². The van der Waals surface area contributed by atoms with Crippen LogP contribution in [0.5, 0.6) is 11.5 Å². The van der Waals surface area contributed by atoms with Gasteiger partial charge in [-0.05, 0) is 45.7 Å². The Morgan fingerprint density at radius 2 is 2.05 bits per heavy atom. The number of aliphatic imine (C=N–C) groups is 1. The number of nitrogens with zero attached hydrogens (tertiary/aromatic N) is 1. The van der Waals surface area contributed by atoms with E-state index >= 15 is 0 Å². The van der Waals surface area contributed by atoms with E-state index in [4.69, 9.17) is 14.5 Å². The highest BCUT2D eigenvalue weighted by Crippen LogP contribution is 2.46. The summed E-state index contributed by atoms with van der Waals surface area (Å²) in [4.78, 5) is 4.75. The van der Waals surface area contributed by atoms with E-state index in [1.54, 1.807) is 0 Å². The molecule has 2 heterocycles. The second-order valence-corrected chi connectivity index (χ2v) is 7.35. The number of hydrogen-bond acceptors (Lipinski definition) is 3. The molecule has 0 aromatic heterocycles. The van der Waals surface area contributed by atoms with Gasteiger partial charge in [0.15, 0.2) is 11.5 Å². The van der Waals surface area contributed by atoms with Crippen LogP contribution < -0.4 is 9.47 Å². The van der Waals surface area contributed by atoms with Gasteiger partial charge < -0.3 is 9.47 Å². The number of ether oxygens (including phenoxy) is 2. The molecule has 0 radical (unpaired) electrons. The third kappa shape index (κ3) is 3.00. The number of alkyl halides is 1. The molecule has 0 bridgehead atoms. The highest BCUT2D eigenvalue weighted by Gasteiger charge is 2.37. The van der Waals surface area contributed by atoms with E-state index in [1.165, 1.54) is 16.7 Å². The zero-order valence-electron chi connectivity index (χ0n) is 13.5. The molecule has 3 rings (SSSR count). The fourth-order valence-corrected chi connectivity index (χ4v) is 3.46. The summed E-state index contributed by atoms with van der Waals surface area (Å²) in [7, 11) is 0. The lowest BCUT2D eigenvalue weighted by molar-refractivity contribution is 0.132. The van der Waals surface area contributed by atoms with Crippen LogP contribution in [-0.2, 0) is 12.8 Å². The van der Waals surface area contributed by atoms with Crippen molar-refractivity contribution < 1.29 is 9.47 Å². The second-order valence-electron chi connectivity index (χ2n) is 6.79. The van der Waals surface area contributed by atoms with Crippen LogP contribution in [0.15, 0.2) is 11.1 Å². The van der Waals surface area contributed by atoms with Crippen molar-refractivity contribution >= 4 is 34.6 Å². The molecule has 2 aliphatic heterocycles. The maximum absolute atomic E-state index is 6.13. The third-order valence-corrected chi connectivity index (χ3v) is 5.33. The van der Waals surface area contributed by atoms with E-state index in [0.29, 0.717) is 6.61 Å². The van der Waals surface area contributed by atoms with Crippen molar-refractivity contribution in [3.63, 3.8) is 0 Å². The first-order valence-electron chi connectivity index (χ1n) is 7.49. The van der Waals surface area contributed by atoms with Crippen molar-refractivity contribution in [3.05, 3.63) is 22.8 Å². The molecule has 5 heteroatoms. The normalized spacial score (nSPS) is 24.0. The molecule has 0 amide bonds.